The van der Waals surface area contributed by atoms with Gasteiger partial charge in [0.15, 0.2) is 0 Å². The number of urea groups is 1. The highest BCUT2D eigenvalue weighted by Crippen LogP contribution is 2.46. The first-order valence-electron chi connectivity index (χ1n) is 12.6. The number of nitrogens with one attached hydrogen (secondary N) is 1. The Bertz CT molecular complexity index is 1120. The van der Waals surface area contributed by atoms with Crippen LogP contribution in [-0.4, -0.2) is 47.9 Å². The van der Waals surface area contributed by atoms with Gasteiger partial charge in [0.2, 0.25) is 0 Å². The number of amides is 3. The van der Waals surface area contributed by atoms with Crippen LogP contribution in [0.5, 0.6) is 0 Å². The Hall–Kier alpha value is -2.66. The molecule has 0 saturated carbocycles. The number of likely N-dealkylation sites (tertiary alicyclic amines) is 1. The van der Waals surface area contributed by atoms with Gasteiger partial charge in [0, 0.05) is 6.54 Å². The molecule has 33 heavy (non-hydrogen) atoms. The molecular weight excluding hydrogens is 410 g/mol. The minimum Gasteiger partial charge on any atom is -0.319 e. The molecule has 2 spiro atoms. The van der Waals surface area contributed by atoms with Gasteiger partial charge in [-0.1, -0.05) is 42.5 Å². The van der Waals surface area contributed by atoms with E-state index in [0.717, 1.165) is 38.0 Å². The summed E-state index contributed by atoms with van der Waals surface area (Å²) in [6, 6.07) is 14.9. The quantitative estimate of drug-likeness (QED) is 0.725. The Balaban J connectivity index is 1.06. The van der Waals surface area contributed by atoms with Gasteiger partial charge in [-0.05, 0) is 105 Å². The fourth-order valence-electron chi connectivity index (χ4n) is 7.00. The van der Waals surface area contributed by atoms with E-state index in [-0.39, 0.29) is 11.9 Å². The van der Waals surface area contributed by atoms with Gasteiger partial charge in [-0.2, -0.15) is 0 Å². The largest absolute Gasteiger partial charge is 0.325 e. The molecule has 4 aliphatic rings. The van der Waals surface area contributed by atoms with Crippen molar-refractivity contribution >= 4 is 11.9 Å². The molecule has 0 radical (unpaired) electrons. The highest BCUT2D eigenvalue weighted by molar-refractivity contribution is 6.08. The van der Waals surface area contributed by atoms with E-state index in [1.165, 1.54) is 41.7 Å². The normalized spacial score (nSPS) is 25.7. The number of imide groups is 1. The average molecular weight is 444 g/mol. The van der Waals surface area contributed by atoms with E-state index < -0.39 is 5.54 Å². The van der Waals surface area contributed by atoms with Gasteiger partial charge in [-0.25, -0.2) is 4.79 Å². The second kappa shape index (κ2) is 7.69. The van der Waals surface area contributed by atoms with Crippen molar-refractivity contribution in [3.05, 3.63) is 70.3 Å². The Morgan fingerprint density at radius 1 is 0.879 bits per heavy atom. The molecule has 0 bridgehead atoms. The molecule has 6 rings (SSSR count). The van der Waals surface area contributed by atoms with Crippen molar-refractivity contribution < 1.29 is 9.59 Å². The summed E-state index contributed by atoms with van der Waals surface area (Å²) in [6.45, 7) is 5.73. The predicted molar refractivity (Wildman–Crippen MR) is 128 cm³/mol. The molecule has 2 aliphatic heterocycles. The number of aryl methyl sites for hydroxylation is 2. The number of hydrogen-bond acceptors (Lipinski definition) is 3. The zero-order chi connectivity index (χ0) is 22.6. The molecule has 2 aromatic rings. The second-order valence-electron chi connectivity index (χ2n) is 10.5. The van der Waals surface area contributed by atoms with Crippen molar-refractivity contribution in [2.75, 3.05) is 26.2 Å². The standard InChI is InChI=1S/C28H33N3O2/c1-20-6-4-9-24-22(20)11-13-28(24)25(32)31(26(33)29-28)17-5-16-30-18-14-27(15-19-30)12-10-21-7-2-3-8-23(21)27/h2-4,6-9H,5,10-19H2,1H3,(H,29,33). The summed E-state index contributed by atoms with van der Waals surface area (Å²) in [5.41, 5.74) is 6.09. The molecule has 1 N–H and O–H groups in total. The molecule has 2 heterocycles. The molecule has 2 aromatic carbocycles. The number of fused-ring (bicyclic) bond motifs is 4. The monoisotopic (exact) mass is 443 g/mol. The molecule has 2 saturated heterocycles. The molecule has 2 fully saturated rings. The van der Waals surface area contributed by atoms with Crippen LogP contribution in [0.25, 0.3) is 0 Å². The lowest BCUT2D eigenvalue weighted by molar-refractivity contribution is -0.131. The number of benzene rings is 2. The molecule has 5 nitrogen and oxygen atoms in total. The van der Waals surface area contributed by atoms with Crippen LogP contribution in [0.4, 0.5) is 4.79 Å². The van der Waals surface area contributed by atoms with Gasteiger partial charge in [-0.3, -0.25) is 9.69 Å². The second-order valence-corrected chi connectivity index (χ2v) is 10.5. The third-order valence-electron chi connectivity index (χ3n) is 8.93. The lowest BCUT2D eigenvalue weighted by Crippen LogP contribution is -2.43. The van der Waals surface area contributed by atoms with E-state index >= 15 is 0 Å². The zero-order valence-electron chi connectivity index (χ0n) is 19.5. The molecular formula is C28H33N3O2. The van der Waals surface area contributed by atoms with Crippen LogP contribution >= 0.6 is 0 Å². The molecule has 3 amide bonds. The van der Waals surface area contributed by atoms with Crippen LogP contribution in [0.2, 0.25) is 0 Å². The lowest BCUT2D eigenvalue weighted by Gasteiger charge is -2.40. The smallest absolute Gasteiger partial charge is 0.319 e. The SMILES string of the molecule is Cc1cccc2c1CCC21NC(=O)N(CCCN2CCC3(CCc4ccccc43)CC2)C1=O. The first kappa shape index (κ1) is 20.9. The topological polar surface area (TPSA) is 52.7 Å². The third kappa shape index (κ3) is 3.16. The zero-order valence-corrected chi connectivity index (χ0v) is 19.5. The highest BCUT2D eigenvalue weighted by atomic mass is 16.2. The van der Waals surface area contributed by atoms with E-state index in [9.17, 15) is 9.59 Å². The van der Waals surface area contributed by atoms with Crippen molar-refractivity contribution in [3.8, 4) is 0 Å². The van der Waals surface area contributed by atoms with Crippen LogP contribution in [0.15, 0.2) is 42.5 Å². The minimum absolute atomic E-state index is 0.0583. The maximum absolute atomic E-state index is 13.4. The number of carbonyl (C=O) groups is 2. The van der Waals surface area contributed by atoms with Crippen molar-refractivity contribution in [1.29, 1.82) is 0 Å². The summed E-state index contributed by atoms with van der Waals surface area (Å²) >= 11 is 0. The lowest BCUT2D eigenvalue weighted by atomic mass is 9.74. The summed E-state index contributed by atoms with van der Waals surface area (Å²) < 4.78 is 0. The van der Waals surface area contributed by atoms with Gasteiger partial charge < -0.3 is 10.2 Å². The molecule has 2 aliphatic carbocycles. The fourth-order valence-corrected chi connectivity index (χ4v) is 7.00. The van der Waals surface area contributed by atoms with Crippen LogP contribution in [0.1, 0.15) is 59.9 Å². The average Bonchev–Trinajstić information content (AvgIpc) is 3.45. The van der Waals surface area contributed by atoms with Crippen LogP contribution in [0, 0.1) is 6.92 Å². The number of nitrogens with zero attached hydrogens (tertiary/aromatic N) is 2. The molecule has 1 atom stereocenters. The van der Waals surface area contributed by atoms with E-state index in [1.807, 2.05) is 12.1 Å². The molecule has 5 heteroatoms. The Morgan fingerprint density at radius 3 is 2.52 bits per heavy atom. The summed E-state index contributed by atoms with van der Waals surface area (Å²) in [4.78, 5) is 30.2. The van der Waals surface area contributed by atoms with E-state index in [1.54, 1.807) is 11.1 Å². The maximum atomic E-state index is 13.4. The first-order chi connectivity index (χ1) is 16.0. The van der Waals surface area contributed by atoms with E-state index in [2.05, 4.69) is 47.5 Å². The van der Waals surface area contributed by atoms with E-state index in [0.29, 0.717) is 18.4 Å². The summed E-state index contributed by atoms with van der Waals surface area (Å²) in [5.74, 6) is -0.0583. The maximum Gasteiger partial charge on any atom is 0.325 e. The van der Waals surface area contributed by atoms with Gasteiger partial charge in [0.05, 0.1) is 0 Å². The van der Waals surface area contributed by atoms with Crippen LogP contribution in [0.3, 0.4) is 0 Å². The van der Waals surface area contributed by atoms with Crippen molar-refractivity contribution in [2.45, 2.75) is 62.8 Å². The number of rotatable bonds is 4. The fraction of sp³-hybridized carbons (Fsp3) is 0.500. The Labute approximate surface area is 196 Å². The summed E-state index contributed by atoms with van der Waals surface area (Å²) in [5, 5.41) is 3.07. The van der Waals surface area contributed by atoms with E-state index in [4.69, 9.17) is 0 Å². The number of carbonyl (C=O) groups excluding carboxylic acids is 2. The summed E-state index contributed by atoms with van der Waals surface area (Å²) in [7, 11) is 0. The van der Waals surface area contributed by atoms with Crippen LogP contribution in [-0.2, 0) is 28.6 Å². The van der Waals surface area contributed by atoms with Gasteiger partial charge in [0.25, 0.3) is 5.91 Å². The summed E-state index contributed by atoms with van der Waals surface area (Å²) in [6.07, 6.45) is 7.28. The Morgan fingerprint density at radius 2 is 1.67 bits per heavy atom. The van der Waals surface area contributed by atoms with Gasteiger partial charge in [0.1, 0.15) is 5.54 Å². The van der Waals surface area contributed by atoms with Crippen molar-refractivity contribution in [2.24, 2.45) is 0 Å². The van der Waals surface area contributed by atoms with Crippen LogP contribution < -0.4 is 5.32 Å². The molecule has 172 valence electrons. The Kier molecular flexibility index (Phi) is 4.88. The predicted octanol–water partition coefficient (Wildman–Crippen LogP) is 4.06. The van der Waals surface area contributed by atoms with Crippen molar-refractivity contribution in [1.82, 2.24) is 15.1 Å². The highest BCUT2D eigenvalue weighted by Gasteiger charge is 2.55. The third-order valence-corrected chi connectivity index (χ3v) is 8.93. The van der Waals surface area contributed by atoms with Crippen molar-refractivity contribution in [3.63, 3.8) is 0 Å². The van der Waals surface area contributed by atoms with Gasteiger partial charge >= 0.3 is 6.03 Å². The first-order valence-corrected chi connectivity index (χ1v) is 12.6. The number of piperidine rings is 1. The molecule has 1 unspecified atom stereocenters. The number of hydrogen-bond donors (Lipinski definition) is 1. The molecule has 0 aromatic heterocycles. The minimum atomic E-state index is -0.841. The van der Waals surface area contributed by atoms with Gasteiger partial charge in [-0.15, -0.1) is 0 Å².